The molecule has 4 rings (SSSR count). The largest absolute Gasteiger partial charge is 0.459 e. The number of amides is 1. The van der Waals surface area contributed by atoms with Crippen molar-refractivity contribution in [1.82, 2.24) is 14.7 Å². The van der Waals surface area contributed by atoms with Crippen molar-refractivity contribution in [3.05, 3.63) is 60.1 Å². The van der Waals surface area contributed by atoms with Gasteiger partial charge in [-0.2, -0.15) is 0 Å². The number of piperazine rings is 1. The van der Waals surface area contributed by atoms with E-state index in [9.17, 15) is 4.79 Å². The first-order valence-electron chi connectivity index (χ1n) is 9.63. The topological polar surface area (TPSA) is 39.9 Å². The van der Waals surface area contributed by atoms with Crippen LogP contribution in [0.15, 0.2) is 53.1 Å². The third kappa shape index (κ3) is 4.00. The molecule has 0 radical (unpaired) electrons. The fraction of sp³-hybridized carbons (Fsp3) is 0.476. The van der Waals surface area contributed by atoms with Crippen molar-refractivity contribution in [1.29, 1.82) is 0 Å². The lowest BCUT2D eigenvalue weighted by atomic mass is 10.0. The van der Waals surface area contributed by atoms with Crippen LogP contribution < -0.4 is 0 Å². The lowest BCUT2D eigenvalue weighted by Crippen LogP contribution is -2.53. The summed E-state index contributed by atoms with van der Waals surface area (Å²) in [6.45, 7) is 7.21. The van der Waals surface area contributed by atoms with E-state index in [1.807, 2.05) is 4.90 Å². The summed E-state index contributed by atoms with van der Waals surface area (Å²) in [5.41, 5.74) is 1.39. The van der Waals surface area contributed by atoms with Crippen LogP contribution in [0.5, 0.6) is 0 Å². The molecular weight excluding hydrogens is 326 g/mol. The fourth-order valence-corrected chi connectivity index (χ4v) is 4.12. The van der Waals surface area contributed by atoms with E-state index in [1.54, 1.807) is 18.4 Å². The van der Waals surface area contributed by atoms with Gasteiger partial charge >= 0.3 is 0 Å². The highest BCUT2D eigenvalue weighted by Crippen LogP contribution is 2.20. The number of carbonyl (C=O) groups is 1. The summed E-state index contributed by atoms with van der Waals surface area (Å²) in [5, 5.41) is 0. The summed E-state index contributed by atoms with van der Waals surface area (Å²) in [6.07, 6.45) is 3.69. The van der Waals surface area contributed by atoms with Crippen LogP contribution in [0.1, 0.15) is 29.0 Å². The monoisotopic (exact) mass is 353 g/mol. The molecule has 2 aromatic rings. The molecule has 3 heterocycles. The Kier molecular flexibility index (Phi) is 5.37. The van der Waals surface area contributed by atoms with Gasteiger partial charge in [-0.25, -0.2) is 0 Å². The van der Waals surface area contributed by atoms with E-state index in [0.29, 0.717) is 11.8 Å². The Balaban J connectivity index is 1.23. The SMILES string of the molecule is O=C(c1ccco1)N1CCC(N2CCN(Cc3ccccc3)CC2)CC1. The second-order valence-electron chi connectivity index (χ2n) is 7.30. The molecule has 5 heteroatoms. The number of hydrogen-bond acceptors (Lipinski definition) is 4. The molecule has 2 aliphatic rings. The van der Waals surface area contributed by atoms with Gasteiger partial charge in [0.15, 0.2) is 5.76 Å². The standard InChI is InChI=1S/C21H27N3O2/c25-21(20-7-4-16-26-20)24-10-8-19(9-11-24)23-14-12-22(13-15-23)17-18-5-2-1-3-6-18/h1-7,16,19H,8-15,17H2. The summed E-state index contributed by atoms with van der Waals surface area (Å²) in [5.74, 6) is 0.485. The Hall–Kier alpha value is -2.11. The van der Waals surface area contributed by atoms with Crippen LogP contribution in [0.3, 0.4) is 0 Å². The molecule has 138 valence electrons. The number of piperidine rings is 1. The summed E-state index contributed by atoms with van der Waals surface area (Å²) in [4.78, 5) is 19.5. The van der Waals surface area contributed by atoms with Gasteiger partial charge in [-0.15, -0.1) is 0 Å². The lowest BCUT2D eigenvalue weighted by Gasteiger charge is -2.42. The van der Waals surface area contributed by atoms with E-state index in [4.69, 9.17) is 4.42 Å². The van der Waals surface area contributed by atoms with Crippen molar-refractivity contribution in [2.75, 3.05) is 39.3 Å². The van der Waals surface area contributed by atoms with Crippen LogP contribution in [-0.2, 0) is 6.54 Å². The third-order valence-corrected chi connectivity index (χ3v) is 5.66. The Morgan fingerprint density at radius 3 is 2.31 bits per heavy atom. The molecule has 0 unspecified atom stereocenters. The average Bonchev–Trinajstić information content (AvgIpc) is 3.24. The molecule has 2 saturated heterocycles. The van der Waals surface area contributed by atoms with Crippen LogP contribution in [-0.4, -0.2) is 65.9 Å². The van der Waals surface area contributed by atoms with Crippen molar-refractivity contribution in [2.24, 2.45) is 0 Å². The highest BCUT2D eigenvalue weighted by Gasteiger charge is 2.30. The molecule has 2 aliphatic heterocycles. The summed E-state index contributed by atoms with van der Waals surface area (Å²) < 4.78 is 5.25. The van der Waals surface area contributed by atoms with Crippen molar-refractivity contribution < 1.29 is 9.21 Å². The van der Waals surface area contributed by atoms with Gasteiger partial charge in [0.25, 0.3) is 5.91 Å². The van der Waals surface area contributed by atoms with Crippen molar-refractivity contribution >= 4 is 5.91 Å². The van der Waals surface area contributed by atoms with Crippen LogP contribution in [0.2, 0.25) is 0 Å². The first kappa shape index (κ1) is 17.3. The van der Waals surface area contributed by atoms with E-state index in [2.05, 4.69) is 40.1 Å². The minimum Gasteiger partial charge on any atom is -0.459 e. The molecule has 26 heavy (non-hydrogen) atoms. The Bertz CT molecular complexity index is 685. The maximum Gasteiger partial charge on any atom is 0.289 e. The lowest BCUT2D eigenvalue weighted by molar-refractivity contribution is 0.0450. The minimum atomic E-state index is 0.0288. The van der Waals surface area contributed by atoms with E-state index in [-0.39, 0.29) is 5.91 Å². The zero-order valence-corrected chi connectivity index (χ0v) is 15.2. The first-order chi connectivity index (χ1) is 12.8. The second kappa shape index (κ2) is 8.06. The molecule has 0 aliphatic carbocycles. The van der Waals surface area contributed by atoms with Gasteiger partial charge in [0.1, 0.15) is 0 Å². The van der Waals surface area contributed by atoms with Gasteiger partial charge in [0.05, 0.1) is 6.26 Å². The number of likely N-dealkylation sites (tertiary alicyclic amines) is 1. The van der Waals surface area contributed by atoms with Crippen LogP contribution in [0.25, 0.3) is 0 Å². The van der Waals surface area contributed by atoms with Crippen molar-refractivity contribution in [3.8, 4) is 0 Å². The second-order valence-corrected chi connectivity index (χ2v) is 7.30. The Morgan fingerprint density at radius 1 is 0.923 bits per heavy atom. The maximum absolute atomic E-state index is 12.4. The predicted octanol–water partition coefficient (Wildman–Crippen LogP) is 2.70. The Labute approximate surface area is 155 Å². The quantitative estimate of drug-likeness (QED) is 0.847. The number of rotatable bonds is 4. The molecule has 0 saturated carbocycles. The number of nitrogens with zero attached hydrogens (tertiary/aromatic N) is 3. The summed E-state index contributed by atoms with van der Waals surface area (Å²) >= 11 is 0. The maximum atomic E-state index is 12.4. The van der Waals surface area contributed by atoms with Gasteiger partial charge in [-0.05, 0) is 30.5 Å². The molecule has 0 N–H and O–H groups in total. The van der Waals surface area contributed by atoms with Gasteiger partial charge in [0.2, 0.25) is 0 Å². The van der Waals surface area contributed by atoms with Crippen LogP contribution in [0, 0.1) is 0 Å². The fourth-order valence-electron chi connectivity index (χ4n) is 4.12. The number of hydrogen-bond donors (Lipinski definition) is 0. The normalized spacial score (nSPS) is 20.4. The zero-order chi connectivity index (χ0) is 17.8. The average molecular weight is 353 g/mol. The smallest absolute Gasteiger partial charge is 0.289 e. The molecular formula is C21H27N3O2. The zero-order valence-electron chi connectivity index (χ0n) is 15.2. The molecule has 1 aromatic carbocycles. The molecule has 1 amide bonds. The molecule has 0 bridgehead atoms. The first-order valence-corrected chi connectivity index (χ1v) is 9.63. The van der Waals surface area contributed by atoms with E-state index >= 15 is 0 Å². The molecule has 0 atom stereocenters. The molecule has 1 aromatic heterocycles. The third-order valence-electron chi connectivity index (χ3n) is 5.66. The predicted molar refractivity (Wildman–Crippen MR) is 101 cm³/mol. The van der Waals surface area contributed by atoms with Crippen molar-refractivity contribution in [2.45, 2.75) is 25.4 Å². The summed E-state index contributed by atoms with van der Waals surface area (Å²) in [7, 11) is 0. The van der Waals surface area contributed by atoms with Crippen molar-refractivity contribution in [3.63, 3.8) is 0 Å². The van der Waals surface area contributed by atoms with Crippen LogP contribution in [0.4, 0.5) is 0 Å². The number of benzene rings is 1. The molecule has 5 nitrogen and oxygen atoms in total. The van der Waals surface area contributed by atoms with Gasteiger partial charge in [-0.3, -0.25) is 14.6 Å². The Morgan fingerprint density at radius 2 is 1.65 bits per heavy atom. The summed E-state index contributed by atoms with van der Waals surface area (Å²) in [6, 6.07) is 14.8. The molecule has 0 spiro atoms. The van der Waals surface area contributed by atoms with Crippen LogP contribution >= 0.6 is 0 Å². The van der Waals surface area contributed by atoms with Gasteiger partial charge in [0, 0.05) is 51.9 Å². The van der Waals surface area contributed by atoms with E-state index in [1.165, 1.54) is 5.56 Å². The van der Waals surface area contributed by atoms with E-state index < -0.39 is 0 Å². The van der Waals surface area contributed by atoms with E-state index in [0.717, 1.165) is 58.7 Å². The van der Waals surface area contributed by atoms with Gasteiger partial charge in [-0.1, -0.05) is 30.3 Å². The highest BCUT2D eigenvalue weighted by atomic mass is 16.3. The highest BCUT2D eigenvalue weighted by molar-refractivity contribution is 5.91. The number of furan rings is 1. The number of carbonyl (C=O) groups excluding carboxylic acids is 1. The molecule has 2 fully saturated rings. The minimum absolute atomic E-state index is 0.0288. The van der Waals surface area contributed by atoms with Gasteiger partial charge < -0.3 is 9.32 Å².